The number of carbonyl (C=O) groups is 1. The van der Waals surface area contributed by atoms with E-state index in [9.17, 15) is 4.79 Å². The lowest BCUT2D eigenvalue weighted by molar-refractivity contribution is -0.139. The fourth-order valence-electron chi connectivity index (χ4n) is 4.26. The molecule has 0 atom stereocenters. The van der Waals surface area contributed by atoms with Crippen LogP contribution < -0.4 is 10.6 Å². The number of hydrogen-bond donors (Lipinski definition) is 2. The van der Waals surface area contributed by atoms with Crippen molar-refractivity contribution in [1.82, 2.24) is 20.4 Å². The second-order valence-electron chi connectivity index (χ2n) is 8.35. The van der Waals surface area contributed by atoms with Crippen LogP contribution in [0.3, 0.4) is 0 Å². The Morgan fingerprint density at radius 1 is 1.11 bits per heavy atom. The van der Waals surface area contributed by atoms with Gasteiger partial charge in [0.1, 0.15) is 0 Å². The van der Waals surface area contributed by atoms with Crippen molar-refractivity contribution in [2.75, 3.05) is 52.9 Å². The van der Waals surface area contributed by atoms with Gasteiger partial charge in [-0.05, 0) is 37.5 Å². The Bertz CT molecular complexity index is 491. The van der Waals surface area contributed by atoms with E-state index in [1.165, 1.54) is 32.1 Å². The normalized spacial score (nSPS) is 23.0. The van der Waals surface area contributed by atoms with Gasteiger partial charge in [-0.2, -0.15) is 0 Å². The summed E-state index contributed by atoms with van der Waals surface area (Å²) in [5, 5.41) is 6.96. The van der Waals surface area contributed by atoms with Gasteiger partial charge < -0.3 is 15.5 Å². The summed E-state index contributed by atoms with van der Waals surface area (Å²) in [5.41, 5.74) is 0.501. The molecule has 0 aromatic rings. The van der Waals surface area contributed by atoms with Crippen molar-refractivity contribution in [1.29, 1.82) is 0 Å². The molecule has 0 bridgehead atoms. The van der Waals surface area contributed by atoms with Crippen LogP contribution in [-0.4, -0.2) is 74.5 Å². The maximum absolute atomic E-state index is 12.3. The molecule has 0 aromatic heterocycles. The highest BCUT2D eigenvalue weighted by Crippen LogP contribution is 2.42. The number of halogens is 1. The third-order valence-electron chi connectivity index (χ3n) is 6.88. The van der Waals surface area contributed by atoms with Crippen molar-refractivity contribution in [2.45, 2.75) is 51.9 Å². The van der Waals surface area contributed by atoms with E-state index in [0.29, 0.717) is 17.2 Å². The van der Waals surface area contributed by atoms with Crippen LogP contribution >= 0.6 is 24.0 Å². The van der Waals surface area contributed by atoms with Crippen LogP contribution in [0.2, 0.25) is 0 Å². The van der Waals surface area contributed by atoms with Gasteiger partial charge >= 0.3 is 0 Å². The summed E-state index contributed by atoms with van der Waals surface area (Å²) in [6.07, 6.45) is 8.76. The van der Waals surface area contributed by atoms with Crippen molar-refractivity contribution >= 4 is 35.8 Å². The Morgan fingerprint density at radius 3 is 2.30 bits per heavy atom. The molecule has 3 rings (SSSR count). The molecule has 0 spiro atoms. The molecule has 6 nitrogen and oxygen atoms in total. The fourth-order valence-corrected chi connectivity index (χ4v) is 4.26. The molecule has 2 aliphatic carbocycles. The first kappa shape index (κ1) is 22.7. The molecule has 27 heavy (non-hydrogen) atoms. The predicted molar refractivity (Wildman–Crippen MR) is 122 cm³/mol. The van der Waals surface area contributed by atoms with Gasteiger partial charge in [-0.3, -0.25) is 14.7 Å². The van der Waals surface area contributed by atoms with Crippen molar-refractivity contribution in [3.8, 4) is 0 Å². The number of aliphatic imine (C=N–C) groups is 1. The Kier molecular flexibility index (Phi) is 9.11. The molecule has 1 aliphatic heterocycles. The first-order chi connectivity index (χ1) is 12.7. The van der Waals surface area contributed by atoms with Crippen molar-refractivity contribution in [3.05, 3.63) is 0 Å². The van der Waals surface area contributed by atoms with Gasteiger partial charge in [-0.15, -0.1) is 24.0 Å². The second kappa shape index (κ2) is 10.8. The van der Waals surface area contributed by atoms with Gasteiger partial charge in [0.15, 0.2) is 5.96 Å². The standard InChI is InChI=1S/C20H37N5O.HI/c1-3-20(8-5-9-20)16-23-19(21-2)22-10-11-24-12-14-25(15-13-24)18(26)17-6-4-7-17;/h17H,3-16H2,1-2H3,(H2,21,22,23);1H. The van der Waals surface area contributed by atoms with E-state index in [2.05, 4.69) is 32.3 Å². The molecule has 0 radical (unpaired) electrons. The minimum Gasteiger partial charge on any atom is -0.356 e. The largest absolute Gasteiger partial charge is 0.356 e. The summed E-state index contributed by atoms with van der Waals surface area (Å²) in [7, 11) is 1.85. The molecule has 156 valence electrons. The highest BCUT2D eigenvalue weighted by Gasteiger charge is 2.35. The molecule has 0 unspecified atom stereocenters. The minimum atomic E-state index is 0. The summed E-state index contributed by atoms with van der Waals surface area (Å²) in [5.74, 6) is 1.66. The van der Waals surface area contributed by atoms with Crippen LogP contribution in [-0.2, 0) is 4.79 Å². The summed E-state index contributed by atoms with van der Waals surface area (Å²) in [6.45, 7) is 9.00. The number of guanidine groups is 1. The lowest BCUT2D eigenvalue weighted by Crippen LogP contribution is -2.53. The van der Waals surface area contributed by atoms with Gasteiger partial charge in [-0.25, -0.2) is 0 Å². The zero-order valence-electron chi connectivity index (χ0n) is 17.1. The van der Waals surface area contributed by atoms with E-state index in [4.69, 9.17) is 0 Å². The first-order valence-electron chi connectivity index (χ1n) is 10.6. The van der Waals surface area contributed by atoms with Crippen LogP contribution in [0.15, 0.2) is 4.99 Å². The number of hydrogen-bond acceptors (Lipinski definition) is 3. The highest BCUT2D eigenvalue weighted by molar-refractivity contribution is 14.0. The number of rotatable bonds is 7. The molecular formula is C20H38IN5O. The Balaban J connectivity index is 0.00000261. The molecule has 3 aliphatic rings. The summed E-state index contributed by atoms with van der Waals surface area (Å²) >= 11 is 0. The second-order valence-corrected chi connectivity index (χ2v) is 8.35. The average molecular weight is 491 g/mol. The maximum atomic E-state index is 12.3. The van der Waals surface area contributed by atoms with Gasteiger partial charge in [0.2, 0.25) is 5.91 Å². The number of carbonyl (C=O) groups excluding carboxylic acids is 1. The molecule has 3 fully saturated rings. The van der Waals surface area contributed by atoms with E-state index < -0.39 is 0 Å². The van der Waals surface area contributed by atoms with Gasteiger partial charge in [0.05, 0.1) is 0 Å². The third-order valence-corrected chi connectivity index (χ3v) is 6.88. The number of nitrogens with one attached hydrogen (secondary N) is 2. The minimum absolute atomic E-state index is 0. The lowest BCUT2D eigenvalue weighted by Gasteiger charge is -2.41. The number of piperazine rings is 1. The quantitative estimate of drug-likeness (QED) is 0.326. The third kappa shape index (κ3) is 5.95. The van der Waals surface area contributed by atoms with Gasteiger partial charge in [0.25, 0.3) is 0 Å². The van der Waals surface area contributed by atoms with E-state index in [0.717, 1.165) is 64.6 Å². The lowest BCUT2D eigenvalue weighted by atomic mass is 9.67. The van der Waals surface area contributed by atoms with Crippen LogP contribution in [0.4, 0.5) is 0 Å². The smallest absolute Gasteiger partial charge is 0.225 e. The fraction of sp³-hybridized carbons (Fsp3) is 0.900. The summed E-state index contributed by atoms with van der Waals surface area (Å²) < 4.78 is 0. The van der Waals surface area contributed by atoms with Crippen LogP contribution in [0.25, 0.3) is 0 Å². The summed E-state index contributed by atoms with van der Waals surface area (Å²) in [4.78, 5) is 21.2. The molecule has 2 saturated carbocycles. The average Bonchev–Trinajstić information content (AvgIpc) is 2.58. The van der Waals surface area contributed by atoms with E-state index >= 15 is 0 Å². The Hall–Kier alpha value is -0.570. The molecule has 7 heteroatoms. The molecule has 1 amide bonds. The molecule has 1 heterocycles. The van der Waals surface area contributed by atoms with Crippen molar-refractivity contribution < 1.29 is 4.79 Å². The van der Waals surface area contributed by atoms with Crippen molar-refractivity contribution in [2.24, 2.45) is 16.3 Å². The maximum Gasteiger partial charge on any atom is 0.225 e. The monoisotopic (exact) mass is 491 g/mol. The highest BCUT2D eigenvalue weighted by atomic mass is 127. The van der Waals surface area contributed by atoms with Crippen LogP contribution in [0.1, 0.15) is 51.9 Å². The zero-order chi connectivity index (χ0) is 18.4. The molecule has 2 N–H and O–H groups in total. The number of nitrogens with zero attached hydrogens (tertiary/aromatic N) is 3. The topological polar surface area (TPSA) is 60.0 Å². The molecule has 1 saturated heterocycles. The first-order valence-corrected chi connectivity index (χ1v) is 10.6. The van der Waals surface area contributed by atoms with E-state index in [-0.39, 0.29) is 24.0 Å². The SMILES string of the molecule is CCC1(CNC(=NC)NCCN2CCN(C(=O)C3CCC3)CC2)CCC1.I. The molecular weight excluding hydrogens is 453 g/mol. The van der Waals surface area contributed by atoms with Crippen LogP contribution in [0, 0.1) is 11.3 Å². The van der Waals surface area contributed by atoms with Crippen LogP contribution in [0.5, 0.6) is 0 Å². The van der Waals surface area contributed by atoms with E-state index in [1.54, 1.807) is 0 Å². The molecule has 0 aromatic carbocycles. The Morgan fingerprint density at radius 2 is 1.81 bits per heavy atom. The number of amides is 1. The van der Waals surface area contributed by atoms with Crippen molar-refractivity contribution in [3.63, 3.8) is 0 Å². The van der Waals surface area contributed by atoms with Gasteiger partial charge in [0, 0.05) is 58.8 Å². The zero-order valence-corrected chi connectivity index (χ0v) is 19.5. The summed E-state index contributed by atoms with van der Waals surface area (Å²) in [6, 6.07) is 0. The predicted octanol–water partition coefficient (Wildman–Crippen LogP) is 2.29. The van der Waals surface area contributed by atoms with E-state index in [1.807, 2.05) is 7.05 Å². The Labute approximate surface area is 181 Å². The van der Waals surface area contributed by atoms with Gasteiger partial charge in [-0.1, -0.05) is 19.8 Å².